The van der Waals surface area contributed by atoms with Crippen molar-refractivity contribution in [2.24, 2.45) is 0 Å². The molecule has 0 aliphatic carbocycles. The maximum absolute atomic E-state index is 12.1. The van der Waals surface area contributed by atoms with E-state index >= 15 is 0 Å². The van der Waals surface area contributed by atoms with Crippen LogP contribution in [0.4, 0.5) is 0 Å². The fraction of sp³-hybridized carbons (Fsp3) is 0.111. The number of thiophene rings is 2. The fourth-order valence-electron chi connectivity index (χ4n) is 6.42. The molecule has 0 atom stereocenters. The Morgan fingerprint density at radius 2 is 1.29 bits per heavy atom. The smallest absolute Gasteiger partial charge is 0.338 e. The quantitative estimate of drug-likeness (QED) is 0.133. The van der Waals surface area contributed by atoms with E-state index in [2.05, 4.69) is 40.3 Å². The standard InChI is InChI=1S/C24H21NO3S.C21H15NO3S/c1-3-28-24(26)19-9-4-7-16(13-19)21-11-5-8-17-14-20(29-22(17)21)15-18-10-6-12-25-23(18)27-2;23-20-15(7-3-9-22-20)12-17-11-14-5-2-8-18(19(14)26-17)13-4-1-6-16(10-13)21(24)25/h4-14H,3,15H2,1-2H3;1-11H,12H2,(H,22,23)(H,24,25). The number of carboxylic acid groups (broad SMARTS) is 1. The van der Waals surface area contributed by atoms with Crippen LogP contribution < -0.4 is 10.3 Å². The topological polar surface area (TPSA) is 119 Å². The van der Waals surface area contributed by atoms with E-state index in [0.717, 1.165) is 54.8 Å². The van der Waals surface area contributed by atoms with Gasteiger partial charge in [-0.1, -0.05) is 72.8 Å². The molecule has 4 heterocycles. The van der Waals surface area contributed by atoms with Gasteiger partial charge in [-0.05, 0) is 88.5 Å². The third-order valence-electron chi connectivity index (χ3n) is 8.97. The Balaban J connectivity index is 0.000000170. The van der Waals surface area contributed by atoms with Gasteiger partial charge >= 0.3 is 11.9 Å². The zero-order chi connectivity index (χ0) is 38.3. The highest BCUT2D eigenvalue weighted by Gasteiger charge is 2.14. The third kappa shape index (κ3) is 8.41. The first-order chi connectivity index (χ1) is 26.8. The van der Waals surface area contributed by atoms with Gasteiger partial charge in [0.05, 0.1) is 24.8 Å². The number of esters is 1. The Labute approximate surface area is 325 Å². The summed E-state index contributed by atoms with van der Waals surface area (Å²) in [6.45, 7) is 2.18. The molecule has 55 heavy (non-hydrogen) atoms. The number of rotatable bonds is 10. The van der Waals surface area contributed by atoms with E-state index in [1.165, 1.54) is 15.0 Å². The van der Waals surface area contributed by atoms with E-state index in [1.54, 1.807) is 66.4 Å². The summed E-state index contributed by atoms with van der Waals surface area (Å²) < 4.78 is 12.8. The van der Waals surface area contributed by atoms with Gasteiger partial charge in [0.1, 0.15) is 0 Å². The molecule has 4 aromatic heterocycles. The predicted octanol–water partition coefficient (Wildman–Crippen LogP) is 10.3. The van der Waals surface area contributed by atoms with Crippen molar-refractivity contribution in [2.75, 3.05) is 13.7 Å². The molecule has 0 unspecified atom stereocenters. The zero-order valence-corrected chi connectivity index (χ0v) is 31.7. The van der Waals surface area contributed by atoms with E-state index in [-0.39, 0.29) is 17.1 Å². The van der Waals surface area contributed by atoms with E-state index in [4.69, 9.17) is 9.47 Å². The molecule has 0 radical (unpaired) electrons. The minimum atomic E-state index is -0.936. The van der Waals surface area contributed by atoms with Gasteiger partial charge in [0.25, 0.3) is 5.56 Å². The summed E-state index contributed by atoms with van der Waals surface area (Å²) in [4.78, 5) is 44.6. The number of carbonyl (C=O) groups excluding carboxylic acids is 1. The van der Waals surface area contributed by atoms with Crippen LogP contribution in [0.5, 0.6) is 5.88 Å². The van der Waals surface area contributed by atoms with Gasteiger partial charge in [0.15, 0.2) is 0 Å². The highest BCUT2D eigenvalue weighted by molar-refractivity contribution is 7.20. The average Bonchev–Trinajstić information content (AvgIpc) is 3.83. The molecule has 8 nitrogen and oxygen atoms in total. The molecule has 4 aromatic carbocycles. The SMILES string of the molecule is CCOC(=O)c1cccc(-c2cccc3cc(Cc4cccnc4OC)sc23)c1.O=C(O)c1cccc(-c2cccc3cc(Cc4ccc[nH]c4=O)sc23)c1. The fourth-order valence-corrected chi connectivity index (χ4v) is 8.86. The maximum atomic E-state index is 12.1. The molecule has 0 saturated carbocycles. The number of ether oxygens (including phenoxy) is 2. The Bertz CT molecular complexity index is 2710. The first kappa shape index (κ1) is 37.0. The molecule has 274 valence electrons. The number of nitrogens with one attached hydrogen (secondary N) is 1. The number of pyridine rings is 2. The van der Waals surface area contributed by atoms with Gasteiger partial charge in [-0.3, -0.25) is 4.79 Å². The second kappa shape index (κ2) is 16.8. The number of H-pyrrole nitrogens is 1. The van der Waals surface area contributed by atoms with Crippen LogP contribution in [0.3, 0.4) is 0 Å². The van der Waals surface area contributed by atoms with Gasteiger partial charge in [-0.2, -0.15) is 0 Å². The molecule has 0 aliphatic rings. The summed E-state index contributed by atoms with van der Waals surface area (Å²) >= 11 is 3.39. The predicted molar refractivity (Wildman–Crippen MR) is 221 cm³/mol. The van der Waals surface area contributed by atoms with E-state index < -0.39 is 5.97 Å². The number of aromatic amines is 1. The number of methoxy groups -OCH3 is 1. The summed E-state index contributed by atoms with van der Waals surface area (Å²) in [6, 6.07) is 38.8. The Hall–Kier alpha value is -6.36. The number of fused-ring (bicyclic) bond motifs is 2. The number of benzene rings is 4. The van der Waals surface area contributed by atoms with Crippen molar-refractivity contribution >= 4 is 54.8 Å². The molecule has 0 aliphatic heterocycles. The first-order valence-corrected chi connectivity index (χ1v) is 19.2. The zero-order valence-electron chi connectivity index (χ0n) is 30.1. The number of hydrogen-bond donors (Lipinski definition) is 2. The molecular formula is C45H36N2O6S2. The van der Waals surface area contributed by atoms with E-state index in [0.29, 0.717) is 24.5 Å². The minimum absolute atomic E-state index is 0.0701. The van der Waals surface area contributed by atoms with Crippen LogP contribution >= 0.6 is 22.7 Å². The lowest BCUT2D eigenvalue weighted by molar-refractivity contribution is 0.0526. The lowest BCUT2D eigenvalue weighted by Gasteiger charge is -2.07. The maximum Gasteiger partial charge on any atom is 0.338 e. The molecule has 0 bridgehead atoms. The highest BCUT2D eigenvalue weighted by Crippen LogP contribution is 2.38. The molecule has 0 spiro atoms. The van der Waals surface area contributed by atoms with Crippen molar-refractivity contribution in [3.8, 4) is 28.1 Å². The summed E-state index contributed by atoms with van der Waals surface area (Å²) in [5, 5.41) is 11.5. The second-order valence-electron chi connectivity index (χ2n) is 12.6. The molecule has 10 heteroatoms. The van der Waals surface area contributed by atoms with Gasteiger partial charge < -0.3 is 19.6 Å². The summed E-state index contributed by atoms with van der Waals surface area (Å²) in [6.07, 6.45) is 4.70. The van der Waals surface area contributed by atoms with Crippen molar-refractivity contribution in [2.45, 2.75) is 19.8 Å². The average molecular weight is 765 g/mol. The molecular weight excluding hydrogens is 729 g/mol. The molecule has 8 aromatic rings. The van der Waals surface area contributed by atoms with Gasteiger partial charge in [-0.15, -0.1) is 22.7 Å². The number of nitrogens with zero attached hydrogens (tertiary/aromatic N) is 1. The minimum Gasteiger partial charge on any atom is -0.481 e. The van der Waals surface area contributed by atoms with Crippen LogP contribution in [0.25, 0.3) is 42.4 Å². The molecule has 8 rings (SSSR count). The number of aromatic nitrogens is 2. The number of carbonyl (C=O) groups is 2. The van der Waals surface area contributed by atoms with E-state index in [1.807, 2.05) is 73.7 Å². The van der Waals surface area contributed by atoms with Crippen LogP contribution in [0.15, 0.2) is 139 Å². The van der Waals surface area contributed by atoms with Crippen LogP contribution in [-0.2, 0) is 17.6 Å². The van der Waals surface area contributed by atoms with Crippen molar-refractivity contribution in [3.05, 3.63) is 176 Å². The van der Waals surface area contributed by atoms with Crippen LogP contribution in [0.1, 0.15) is 48.5 Å². The van der Waals surface area contributed by atoms with Gasteiger partial charge in [0, 0.05) is 55.5 Å². The van der Waals surface area contributed by atoms with Crippen LogP contribution in [0.2, 0.25) is 0 Å². The lowest BCUT2D eigenvalue weighted by Crippen LogP contribution is -2.10. The molecule has 2 N–H and O–H groups in total. The van der Waals surface area contributed by atoms with Crippen molar-refractivity contribution in [3.63, 3.8) is 0 Å². The van der Waals surface area contributed by atoms with Crippen molar-refractivity contribution in [1.29, 1.82) is 0 Å². The van der Waals surface area contributed by atoms with Crippen LogP contribution in [-0.4, -0.2) is 40.7 Å². The monoisotopic (exact) mass is 764 g/mol. The molecule has 0 fully saturated rings. The molecule has 0 saturated heterocycles. The summed E-state index contributed by atoms with van der Waals surface area (Å²) in [7, 11) is 1.64. The molecule has 0 amide bonds. The van der Waals surface area contributed by atoms with Gasteiger partial charge in [-0.25, -0.2) is 14.6 Å². The van der Waals surface area contributed by atoms with Crippen LogP contribution in [0, 0.1) is 0 Å². The number of carboxylic acids is 1. The second-order valence-corrected chi connectivity index (χ2v) is 14.9. The number of aromatic carboxylic acids is 1. The Morgan fingerprint density at radius 3 is 1.89 bits per heavy atom. The summed E-state index contributed by atoms with van der Waals surface area (Å²) in [5.74, 6) is -0.571. The lowest BCUT2D eigenvalue weighted by atomic mass is 10.0. The summed E-state index contributed by atoms with van der Waals surface area (Å²) in [5.41, 5.74) is 6.56. The first-order valence-electron chi connectivity index (χ1n) is 17.6. The Morgan fingerprint density at radius 1 is 0.709 bits per heavy atom. The van der Waals surface area contributed by atoms with Gasteiger partial charge in [0.2, 0.25) is 5.88 Å². The van der Waals surface area contributed by atoms with Crippen molar-refractivity contribution in [1.82, 2.24) is 9.97 Å². The largest absolute Gasteiger partial charge is 0.481 e. The normalized spacial score (nSPS) is 10.9. The number of hydrogen-bond acceptors (Lipinski definition) is 8. The third-order valence-corrected chi connectivity index (χ3v) is 11.3. The van der Waals surface area contributed by atoms with E-state index in [9.17, 15) is 19.5 Å². The van der Waals surface area contributed by atoms with Crippen molar-refractivity contribution < 1.29 is 24.2 Å². The Kier molecular flexibility index (Phi) is 11.3. The highest BCUT2D eigenvalue weighted by atomic mass is 32.1.